The van der Waals surface area contributed by atoms with Crippen molar-refractivity contribution in [2.24, 2.45) is 0 Å². The Morgan fingerprint density at radius 2 is 1.68 bits per heavy atom. The van der Waals surface area contributed by atoms with Crippen LogP contribution in [0.3, 0.4) is 0 Å². The minimum absolute atomic E-state index is 0.0730. The zero-order valence-corrected chi connectivity index (χ0v) is 24.7. The van der Waals surface area contributed by atoms with Gasteiger partial charge in [0.1, 0.15) is 11.4 Å². The number of carbonyl (C=O) groups excluding carboxylic acids is 2. The number of piperidine rings is 2. The summed E-state index contributed by atoms with van der Waals surface area (Å²) in [7, 11) is 1.68. The summed E-state index contributed by atoms with van der Waals surface area (Å²) in [5, 5.41) is 0. The molecular formula is C33H45N3O4. The molecule has 2 aromatic rings. The fourth-order valence-corrected chi connectivity index (χ4v) is 7.17. The van der Waals surface area contributed by atoms with Crippen molar-refractivity contribution in [1.29, 1.82) is 0 Å². The summed E-state index contributed by atoms with van der Waals surface area (Å²) in [4.78, 5) is 33.2. The molecule has 1 unspecified atom stereocenters. The molecule has 0 saturated carbocycles. The van der Waals surface area contributed by atoms with Crippen LogP contribution in [0.5, 0.6) is 5.75 Å². The predicted octanol–water partition coefficient (Wildman–Crippen LogP) is 5.96. The van der Waals surface area contributed by atoms with E-state index in [2.05, 4.69) is 11.8 Å². The molecule has 3 aliphatic heterocycles. The van der Waals surface area contributed by atoms with Crippen molar-refractivity contribution >= 4 is 12.0 Å². The Kier molecular flexibility index (Phi) is 8.69. The second-order valence-corrected chi connectivity index (χ2v) is 11.9. The van der Waals surface area contributed by atoms with E-state index in [9.17, 15) is 9.59 Å². The molecule has 0 aromatic heterocycles. The molecule has 3 aliphatic rings. The first kappa shape index (κ1) is 28.5. The Balaban J connectivity index is 1.22. The summed E-state index contributed by atoms with van der Waals surface area (Å²) in [5.41, 5.74) is 3.55. The van der Waals surface area contributed by atoms with E-state index in [1.807, 2.05) is 66.1 Å². The van der Waals surface area contributed by atoms with E-state index in [0.29, 0.717) is 12.6 Å². The van der Waals surface area contributed by atoms with Crippen LogP contribution in [0.1, 0.15) is 78.9 Å². The maximum atomic E-state index is 13.3. The number of carbonyl (C=O) groups is 2. The number of amides is 2. The van der Waals surface area contributed by atoms with Gasteiger partial charge in [-0.3, -0.25) is 14.6 Å². The Bertz CT molecular complexity index is 1180. The Morgan fingerprint density at radius 1 is 1.00 bits per heavy atom. The van der Waals surface area contributed by atoms with E-state index in [4.69, 9.17) is 9.47 Å². The van der Waals surface area contributed by atoms with E-state index in [1.165, 1.54) is 0 Å². The number of hydrogen-bond acceptors (Lipinski definition) is 5. The number of ether oxygens (including phenoxy) is 2. The van der Waals surface area contributed by atoms with Gasteiger partial charge in [-0.2, -0.15) is 0 Å². The number of aryl methyl sites for hydroxylation is 2. The van der Waals surface area contributed by atoms with Crippen LogP contribution in [0.15, 0.2) is 42.5 Å². The largest absolute Gasteiger partial charge is 0.496 e. The van der Waals surface area contributed by atoms with Gasteiger partial charge in [0.2, 0.25) is 0 Å². The molecule has 2 amide bonds. The third-order valence-electron chi connectivity index (χ3n) is 9.48. The van der Waals surface area contributed by atoms with Crippen molar-refractivity contribution in [2.45, 2.75) is 89.9 Å². The van der Waals surface area contributed by atoms with Gasteiger partial charge < -0.3 is 14.4 Å². The molecule has 5 rings (SSSR count). The van der Waals surface area contributed by atoms with E-state index < -0.39 is 5.60 Å². The molecule has 1 atom stereocenters. The number of nitrogens with zero attached hydrogens (tertiary/aromatic N) is 3. The molecule has 3 heterocycles. The van der Waals surface area contributed by atoms with Crippen LogP contribution < -0.4 is 4.74 Å². The molecule has 0 N–H and O–H groups in total. The maximum absolute atomic E-state index is 13.3. The summed E-state index contributed by atoms with van der Waals surface area (Å²) >= 11 is 0. The lowest BCUT2D eigenvalue weighted by atomic mass is 9.81. The van der Waals surface area contributed by atoms with Gasteiger partial charge in [0.05, 0.1) is 19.7 Å². The zero-order chi connectivity index (χ0) is 28.3. The highest BCUT2D eigenvalue weighted by Gasteiger charge is 2.54. The van der Waals surface area contributed by atoms with Crippen molar-refractivity contribution in [2.75, 3.05) is 33.3 Å². The molecule has 0 aliphatic carbocycles. The first-order valence-electron chi connectivity index (χ1n) is 15.1. The monoisotopic (exact) mass is 547 g/mol. The van der Waals surface area contributed by atoms with Crippen LogP contribution in [0.4, 0.5) is 4.79 Å². The molecule has 3 fully saturated rings. The first-order chi connectivity index (χ1) is 19.4. The molecule has 40 heavy (non-hydrogen) atoms. The zero-order valence-electron chi connectivity index (χ0n) is 24.7. The van der Waals surface area contributed by atoms with Crippen molar-refractivity contribution < 1.29 is 19.1 Å². The molecule has 0 bridgehead atoms. The van der Waals surface area contributed by atoms with Crippen molar-refractivity contribution in [3.8, 4) is 5.75 Å². The first-order valence-corrected chi connectivity index (χ1v) is 15.1. The van der Waals surface area contributed by atoms with Crippen LogP contribution in [-0.2, 0) is 11.3 Å². The number of benzene rings is 2. The van der Waals surface area contributed by atoms with Crippen LogP contribution >= 0.6 is 0 Å². The number of hydrogen-bond donors (Lipinski definition) is 0. The third-order valence-corrected chi connectivity index (χ3v) is 9.48. The molecule has 2 aromatic carbocycles. The molecule has 0 radical (unpaired) electrons. The minimum atomic E-state index is -0.427. The molecule has 7 nitrogen and oxygen atoms in total. The summed E-state index contributed by atoms with van der Waals surface area (Å²) < 4.78 is 11.9. The normalized spacial score (nSPS) is 21.6. The lowest BCUT2D eigenvalue weighted by molar-refractivity contribution is -0.0383. The Labute approximate surface area is 239 Å². The molecular weight excluding hydrogens is 502 g/mol. The summed E-state index contributed by atoms with van der Waals surface area (Å²) in [6, 6.07) is 14.6. The highest BCUT2D eigenvalue weighted by Crippen LogP contribution is 2.43. The second kappa shape index (κ2) is 12.2. The SMILES string of the molecule is CCCCC1N(Cc2ccccc2OC)C(=O)OC12CCN(C1CCN(C(=O)c3c(C)cccc3C)CC1)CC2. The van der Waals surface area contributed by atoms with Gasteiger partial charge in [0, 0.05) is 56.2 Å². The number of unbranched alkanes of at least 4 members (excludes halogenated alkanes) is 1. The fraction of sp³-hybridized carbons (Fsp3) is 0.576. The molecule has 1 spiro atoms. The predicted molar refractivity (Wildman–Crippen MR) is 157 cm³/mol. The number of rotatable bonds is 8. The van der Waals surface area contributed by atoms with Gasteiger partial charge >= 0.3 is 6.09 Å². The van der Waals surface area contributed by atoms with E-state index in [0.717, 1.165) is 99.1 Å². The number of para-hydroxylation sites is 1. The van der Waals surface area contributed by atoms with Gasteiger partial charge in [0.25, 0.3) is 5.91 Å². The summed E-state index contributed by atoms with van der Waals surface area (Å²) in [6.07, 6.45) is 6.62. The average Bonchev–Trinajstić information content (AvgIpc) is 3.21. The van der Waals surface area contributed by atoms with E-state index in [-0.39, 0.29) is 18.0 Å². The van der Waals surface area contributed by atoms with Crippen LogP contribution in [0, 0.1) is 13.8 Å². The van der Waals surface area contributed by atoms with Crippen LogP contribution in [0.25, 0.3) is 0 Å². The van der Waals surface area contributed by atoms with E-state index >= 15 is 0 Å². The minimum Gasteiger partial charge on any atom is -0.496 e. The van der Waals surface area contributed by atoms with E-state index in [1.54, 1.807) is 7.11 Å². The number of methoxy groups -OCH3 is 1. The topological polar surface area (TPSA) is 62.3 Å². The van der Waals surface area contributed by atoms with Crippen molar-refractivity contribution in [1.82, 2.24) is 14.7 Å². The quantitative estimate of drug-likeness (QED) is 0.408. The molecule has 216 valence electrons. The Morgan fingerprint density at radius 3 is 2.33 bits per heavy atom. The standard InChI is InChI=1S/C33H45N3O4/c1-5-6-14-29-33(40-32(38)36(29)23-26-12-7-8-13-28(26)39-4)17-21-34(22-18-33)27-15-19-35(20-16-27)31(37)30-24(2)10-9-11-25(30)3/h7-13,27,29H,5-6,14-23H2,1-4H3. The van der Waals surface area contributed by atoms with Gasteiger partial charge in [-0.1, -0.05) is 56.2 Å². The van der Waals surface area contributed by atoms with Crippen molar-refractivity contribution in [3.05, 3.63) is 64.7 Å². The molecule has 3 saturated heterocycles. The van der Waals surface area contributed by atoms with Gasteiger partial charge in [0.15, 0.2) is 0 Å². The van der Waals surface area contributed by atoms with Gasteiger partial charge in [-0.25, -0.2) is 4.79 Å². The maximum Gasteiger partial charge on any atom is 0.411 e. The van der Waals surface area contributed by atoms with Crippen LogP contribution in [0.2, 0.25) is 0 Å². The van der Waals surface area contributed by atoms with Gasteiger partial charge in [-0.15, -0.1) is 0 Å². The summed E-state index contributed by atoms with van der Waals surface area (Å²) in [5.74, 6) is 0.973. The fourth-order valence-electron chi connectivity index (χ4n) is 7.17. The van der Waals surface area contributed by atoms with Crippen molar-refractivity contribution in [3.63, 3.8) is 0 Å². The van der Waals surface area contributed by atoms with Gasteiger partial charge in [-0.05, 0) is 50.3 Å². The lowest BCUT2D eigenvalue weighted by Crippen LogP contribution is -2.56. The highest BCUT2D eigenvalue weighted by atomic mass is 16.6. The lowest BCUT2D eigenvalue weighted by Gasteiger charge is -2.46. The summed E-state index contributed by atoms with van der Waals surface area (Å²) in [6.45, 7) is 10.2. The second-order valence-electron chi connectivity index (χ2n) is 11.9. The smallest absolute Gasteiger partial charge is 0.411 e. The van der Waals surface area contributed by atoms with Crippen LogP contribution in [-0.4, -0.2) is 77.7 Å². The number of likely N-dealkylation sites (tertiary alicyclic amines) is 2. The average molecular weight is 548 g/mol. The molecule has 7 heteroatoms. The highest BCUT2D eigenvalue weighted by molar-refractivity contribution is 5.97. The third kappa shape index (κ3) is 5.58. The Hall–Kier alpha value is -3.06.